The second-order valence-electron chi connectivity index (χ2n) is 5.37. The molecule has 1 saturated carbocycles. The highest BCUT2D eigenvalue weighted by Gasteiger charge is 2.25. The van der Waals surface area contributed by atoms with Crippen molar-refractivity contribution in [1.82, 2.24) is 5.32 Å². The first-order valence-corrected chi connectivity index (χ1v) is 7.33. The zero-order valence-corrected chi connectivity index (χ0v) is 12.0. The molecule has 1 fully saturated rings. The molecule has 0 heterocycles. The van der Waals surface area contributed by atoms with E-state index in [2.05, 4.69) is 5.32 Å². The van der Waals surface area contributed by atoms with Gasteiger partial charge in [0.1, 0.15) is 12.6 Å². The monoisotopic (exact) mass is 291 g/mol. The molecule has 0 aliphatic heterocycles. The summed E-state index contributed by atoms with van der Waals surface area (Å²) in [7, 11) is 0. The lowest BCUT2D eigenvalue weighted by molar-refractivity contribution is -0.146. The van der Waals surface area contributed by atoms with Gasteiger partial charge in [0.05, 0.1) is 0 Å². The van der Waals surface area contributed by atoms with E-state index >= 15 is 0 Å². The molecule has 114 valence electrons. The Kier molecular flexibility index (Phi) is 5.75. The van der Waals surface area contributed by atoms with Crippen LogP contribution in [0.3, 0.4) is 0 Å². The minimum Gasteiger partial charge on any atom is -0.480 e. The molecule has 5 nitrogen and oxygen atoms in total. The quantitative estimate of drug-likeness (QED) is 0.717. The maximum atomic E-state index is 11.7. The van der Waals surface area contributed by atoms with Crippen LogP contribution in [-0.2, 0) is 20.9 Å². The summed E-state index contributed by atoms with van der Waals surface area (Å²) in [5.41, 5.74) is 0.924. The normalized spacial score (nSPS) is 16.0. The maximum Gasteiger partial charge on any atom is 0.320 e. The third kappa shape index (κ3) is 5.19. The molecule has 1 atom stereocenters. The first-order valence-electron chi connectivity index (χ1n) is 7.33. The predicted molar refractivity (Wildman–Crippen MR) is 77.7 cm³/mol. The molecule has 0 bridgehead atoms. The summed E-state index contributed by atoms with van der Waals surface area (Å²) < 4.78 is 5.14. The molecule has 1 unspecified atom stereocenters. The van der Waals surface area contributed by atoms with Crippen molar-refractivity contribution < 1.29 is 19.4 Å². The Morgan fingerprint density at radius 3 is 2.57 bits per heavy atom. The Hall–Kier alpha value is -1.88. The number of benzene rings is 1. The van der Waals surface area contributed by atoms with Crippen molar-refractivity contribution in [1.29, 1.82) is 0 Å². The van der Waals surface area contributed by atoms with Crippen LogP contribution in [0.4, 0.5) is 0 Å². The Morgan fingerprint density at radius 2 is 2.00 bits per heavy atom. The number of carbonyl (C=O) groups excluding carboxylic acids is 1. The summed E-state index contributed by atoms with van der Waals surface area (Å²) in [6.07, 6.45) is 3.55. The van der Waals surface area contributed by atoms with Gasteiger partial charge < -0.3 is 15.2 Å². The number of rotatable bonds is 8. The first kappa shape index (κ1) is 15.5. The van der Waals surface area contributed by atoms with Gasteiger partial charge in [0.25, 0.3) is 0 Å². The van der Waals surface area contributed by atoms with E-state index in [1.807, 2.05) is 30.3 Å². The van der Waals surface area contributed by atoms with Gasteiger partial charge in [-0.3, -0.25) is 9.59 Å². The maximum absolute atomic E-state index is 11.7. The Balaban J connectivity index is 1.69. The fourth-order valence-electron chi connectivity index (χ4n) is 2.21. The Bertz CT molecular complexity index is 470. The highest BCUT2D eigenvalue weighted by atomic mass is 16.5. The van der Waals surface area contributed by atoms with Crippen LogP contribution in [0.15, 0.2) is 30.3 Å². The zero-order valence-electron chi connectivity index (χ0n) is 12.0. The van der Waals surface area contributed by atoms with Crippen molar-refractivity contribution in [2.24, 2.45) is 0 Å². The minimum absolute atomic E-state index is 0.115. The highest BCUT2D eigenvalue weighted by molar-refractivity contribution is 5.75. The first-order chi connectivity index (χ1) is 10.1. The molecule has 0 saturated heterocycles. The third-order valence-electron chi connectivity index (χ3n) is 3.72. The number of hydrogen-bond acceptors (Lipinski definition) is 4. The van der Waals surface area contributed by atoms with Crippen molar-refractivity contribution in [2.45, 2.75) is 50.8 Å². The van der Waals surface area contributed by atoms with Gasteiger partial charge in [0.2, 0.25) is 0 Å². The molecule has 2 rings (SSSR count). The van der Waals surface area contributed by atoms with Crippen LogP contribution < -0.4 is 5.32 Å². The van der Waals surface area contributed by atoms with Gasteiger partial charge in [-0.05, 0) is 24.8 Å². The highest BCUT2D eigenvalue weighted by Crippen LogP contribution is 2.19. The molecule has 0 radical (unpaired) electrons. The van der Waals surface area contributed by atoms with Gasteiger partial charge in [-0.15, -0.1) is 0 Å². The van der Waals surface area contributed by atoms with Gasteiger partial charge in [-0.1, -0.05) is 36.8 Å². The lowest BCUT2D eigenvalue weighted by atomic mass is 9.92. The summed E-state index contributed by atoms with van der Waals surface area (Å²) >= 11 is 0. The summed E-state index contributed by atoms with van der Waals surface area (Å²) in [5.74, 6) is -1.27. The van der Waals surface area contributed by atoms with Crippen molar-refractivity contribution in [2.75, 3.05) is 0 Å². The van der Waals surface area contributed by atoms with E-state index in [-0.39, 0.29) is 31.5 Å². The fraction of sp³-hybridized carbons (Fsp3) is 0.500. The predicted octanol–water partition coefficient (Wildman–Crippen LogP) is 2.11. The van der Waals surface area contributed by atoms with E-state index in [4.69, 9.17) is 9.84 Å². The molecule has 1 aromatic rings. The fourth-order valence-corrected chi connectivity index (χ4v) is 2.21. The summed E-state index contributed by atoms with van der Waals surface area (Å²) in [6.45, 7) is 0.230. The lowest BCUT2D eigenvalue weighted by Gasteiger charge is -2.29. The van der Waals surface area contributed by atoms with Gasteiger partial charge >= 0.3 is 11.9 Å². The molecule has 1 aliphatic rings. The van der Waals surface area contributed by atoms with E-state index in [0.29, 0.717) is 0 Å². The summed E-state index contributed by atoms with van der Waals surface area (Å²) in [4.78, 5) is 22.8. The largest absolute Gasteiger partial charge is 0.480 e. The van der Waals surface area contributed by atoms with Crippen molar-refractivity contribution in [3.05, 3.63) is 35.9 Å². The molecular formula is C16H21NO4. The molecule has 21 heavy (non-hydrogen) atoms. The van der Waals surface area contributed by atoms with Gasteiger partial charge in [-0.25, -0.2) is 0 Å². The van der Waals surface area contributed by atoms with Crippen LogP contribution in [-0.4, -0.2) is 29.1 Å². The van der Waals surface area contributed by atoms with Crippen molar-refractivity contribution >= 4 is 11.9 Å². The average Bonchev–Trinajstić information content (AvgIpc) is 2.44. The second-order valence-corrected chi connectivity index (χ2v) is 5.37. The number of carboxylic acids is 1. The molecular weight excluding hydrogens is 270 g/mol. The van der Waals surface area contributed by atoms with E-state index < -0.39 is 12.0 Å². The van der Waals surface area contributed by atoms with Crippen molar-refractivity contribution in [3.63, 3.8) is 0 Å². The van der Waals surface area contributed by atoms with E-state index in [9.17, 15) is 9.59 Å². The number of nitrogens with one attached hydrogen (secondary N) is 1. The SMILES string of the molecule is O=C(CCC(NC1CCC1)C(=O)O)OCc1ccccc1. The summed E-state index contributed by atoms with van der Waals surface area (Å²) in [5, 5.41) is 12.2. The lowest BCUT2D eigenvalue weighted by Crippen LogP contribution is -2.46. The summed E-state index contributed by atoms with van der Waals surface area (Å²) in [6, 6.07) is 9.04. The van der Waals surface area contributed by atoms with E-state index in [1.54, 1.807) is 0 Å². The number of ether oxygens (including phenoxy) is 1. The van der Waals surface area contributed by atoms with E-state index in [0.717, 1.165) is 24.8 Å². The molecule has 5 heteroatoms. The van der Waals surface area contributed by atoms with Gasteiger partial charge in [0.15, 0.2) is 0 Å². The van der Waals surface area contributed by atoms with Crippen LogP contribution in [0.2, 0.25) is 0 Å². The molecule has 1 aliphatic carbocycles. The third-order valence-corrected chi connectivity index (χ3v) is 3.72. The number of aliphatic carboxylic acids is 1. The smallest absolute Gasteiger partial charge is 0.320 e. The number of carboxylic acid groups (broad SMARTS) is 1. The van der Waals surface area contributed by atoms with Gasteiger partial charge in [-0.2, -0.15) is 0 Å². The number of esters is 1. The van der Waals surface area contributed by atoms with Crippen LogP contribution in [0.25, 0.3) is 0 Å². The van der Waals surface area contributed by atoms with Gasteiger partial charge in [0, 0.05) is 12.5 Å². The van der Waals surface area contributed by atoms with Crippen LogP contribution in [0, 0.1) is 0 Å². The van der Waals surface area contributed by atoms with Crippen LogP contribution in [0.5, 0.6) is 0 Å². The Morgan fingerprint density at radius 1 is 1.29 bits per heavy atom. The number of hydrogen-bond donors (Lipinski definition) is 2. The Labute approximate surface area is 124 Å². The standard InChI is InChI=1S/C16H21NO4/c18-15(21-11-12-5-2-1-3-6-12)10-9-14(16(19)20)17-13-7-4-8-13/h1-3,5-6,13-14,17H,4,7-11H2,(H,19,20). The minimum atomic E-state index is -0.905. The zero-order chi connectivity index (χ0) is 15.1. The van der Waals surface area contributed by atoms with Crippen LogP contribution in [0.1, 0.15) is 37.7 Å². The average molecular weight is 291 g/mol. The molecule has 2 N–H and O–H groups in total. The molecule has 0 spiro atoms. The molecule has 0 aromatic heterocycles. The molecule has 1 aromatic carbocycles. The second kappa shape index (κ2) is 7.78. The number of carbonyl (C=O) groups is 2. The topological polar surface area (TPSA) is 75.6 Å². The van der Waals surface area contributed by atoms with Crippen molar-refractivity contribution in [3.8, 4) is 0 Å². The molecule has 0 amide bonds. The van der Waals surface area contributed by atoms with Crippen LogP contribution >= 0.6 is 0 Å². The van der Waals surface area contributed by atoms with E-state index in [1.165, 1.54) is 0 Å².